The Morgan fingerprint density at radius 3 is 2.65 bits per heavy atom. The summed E-state index contributed by atoms with van der Waals surface area (Å²) in [6, 6.07) is 8.19. The minimum Gasteiger partial charge on any atom is -0.491 e. The maximum Gasteiger partial charge on any atom is 0.311 e. The fourth-order valence-corrected chi connectivity index (χ4v) is 5.01. The number of carbonyl (C=O) groups is 1. The number of anilines is 1. The van der Waals surface area contributed by atoms with Gasteiger partial charge in [-0.3, -0.25) is 9.69 Å². The molecule has 3 aromatic rings. The summed E-state index contributed by atoms with van der Waals surface area (Å²) in [6.07, 6.45) is 6.64. The number of carbonyl (C=O) groups excluding carboxylic acids is 1. The Morgan fingerprint density at radius 2 is 1.97 bits per heavy atom. The number of aromatic nitrogens is 3. The smallest absolute Gasteiger partial charge is 0.311 e. The Labute approximate surface area is 216 Å². The maximum atomic E-state index is 12.1. The molecular formula is C27H32N6O4. The lowest BCUT2D eigenvalue weighted by atomic mass is 9.80. The minimum atomic E-state index is -0.450. The van der Waals surface area contributed by atoms with E-state index in [0.29, 0.717) is 17.9 Å². The van der Waals surface area contributed by atoms with Gasteiger partial charge in [0.05, 0.1) is 49.2 Å². The first kappa shape index (κ1) is 25.0. The van der Waals surface area contributed by atoms with Crippen molar-refractivity contribution in [1.29, 1.82) is 5.26 Å². The van der Waals surface area contributed by atoms with Crippen molar-refractivity contribution in [2.24, 2.45) is 5.41 Å². The van der Waals surface area contributed by atoms with Gasteiger partial charge in [-0.25, -0.2) is 9.50 Å². The molecule has 0 radical (unpaired) electrons. The number of piperidine rings is 1. The molecule has 5 rings (SSSR count). The van der Waals surface area contributed by atoms with Gasteiger partial charge in [-0.15, -0.1) is 0 Å². The molecule has 10 heteroatoms. The van der Waals surface area contributed by atoms with Gasteiger partial charge in [-0.1, -0.05) is 0 Å². The molecule has 3 aromatic heterocycles. The number of rotatable bonds is 7. The van der Waals surface area contributed by atoms with Crippen molar-refractivity contribution in [2.75, 3.05) is 64.6 Å². The van der Waals surface area contributed by atoms with Crippen molar-refractivity contribution in [3.8, 4) is 22.9 Å². The van der Waals surface area contributed by atoms with Crippen LogP contribution in [-0.2, 0) is 14.3 Å². The van der Waals surface area contributed by atoms with Crippen LogP contribution in [0.2, 0.25) is 0 Å². The van der Waals surface area contributed by atoms with Crippen LogP contribution in [0.1, 0.15) is 25.3 Å². The summed E-state index contributed by atoms with van der Waals surface area (Å²) in [7, 11) is 1.44. The highest BCUT2D eigenvalue weighted by Gasteiger charge is 2.38. The van der Waals surface area contributed by atoms with Crippen molar-refractivity contribution in [3.05, 3.63) is 42.4 Å². The Morgan fingerprint density at radius 1 is 1.19 bits per heavy atom. The van der Waals surface area contributed by atoms with Crippen LogP contribution in [-0.4, -0.2) is 85.1 Å². The zero-order valence-electron chi connectivity index (χ0n) is 21.4. The molecule has 194 valence electrons. The lowest BCUT2D eigenvalue weighted by Gasteiger charge is -2.37. The van der Waals surface area contributed by atoms with Crippen LogP contribution in [0.5, 0.6) is 5.75 Å². The first-order valence-corrected chi connectivity index (χ1v) is 12.6. The third-order valence-electron chi connectivity index (χ3n) is 7.42. The third-order valence-corrected chi connectivity index (χ3v) is 7.42. The molecule has 0 amide bonds. The number of nitrogens with zero attached hydrogens (tertiary/aromatic N) is 6. The van der Waals surface area contributed by atoms with E-state index in [2.05, 4.69) is 21.0 Å². The summed E-state index contributed by atoms with van der Waals surface area (Å²) in [5, 5.41) is 14.0. The molecule has 0 bridgehead atoms. The van der Waals surface area contributed by atoms with Crippen molar-refractivity contribution in [2.45, 2.75) is 19.8 Å². The molecule has 37 heavy (non-hydrogen) atoms. The molecule has 0 saturated carbocycles. The Balaban J connectivity index is 1.34. The van der Waals surface area contributed by atoms with Crippen LogP contribution in [0.4, 0.5) is 5.82 Å². The number of ether oxygens (including phenoxy) is 3. The Kier molecular flexibility index (Phi) is 7.26. The van der Waals surface area contributed by atoms with E-state index in [1.165, 1.54) is 7.11 Å². The minimum absolute atomic E-state index is 0.152. The molecule has 2 saturated heterocycles. The predicted octanol–water partition coefficient (Wildman–Crippen LogP) is 2.76. The van der Waals surface area contributed by atoms with Gasteiger partial charge in [0.1, 0.15) is 24.2 Å². The highest BCUT2D eigenvalue weighted by molar-refractivity contribution is 5.85. The van der Waals surface area contributed by atoms with E-state index in [4.69, 9.17) is 19.2 Å². The van der Waals surface area contributed by atoms with Crippen LogP contribution in [0.15, 0.2) is 36.8 Å². The van der Waals surface area contributed by atoms with E-state index in [1.54, 1.807) is 10.7 Å². The molecule has 2 aliphatic heterocycles. The van der Waals surface area contributed by atoms with Gasteiger partial charge >= 0.3 is 5.97 Å². The summed E-state index contributed by atoms with van der Waals surface area (Å²) >= 11 is 0. The van der Waals surface area contributed by atoms with Crippen LogP contribution >= 0.6 is 0 Å². The van der Waals surface area contributed by atoms with Gasteiger partial charge in [0.2, 0.25) is 0 Å². The van der Waals surface area contributed by atoms with Crippen molar-refractivity contribution in [3.63, 3.8) is 0 Å². The van der Waals surface area contributed by atoms with E-state index in [-0.39, 0.29) is 5.97 Å². The molecule has 0 aromatic carbocycles. The van der Waals surface area contributed by atoms with Gasteiger partial charge in [0.15, 0.2) is 0 Å². The van der Waals surface area contributed by atoms with E-state index in [9.17, 15) is 10.1 Å². The Bertz CT molecular complexity index is 1280. The third kappa shape index (κ3) is 5.24. The zero-order valence-corrected chi connectivity index (χ0v) is 21.4. The number of esters is 1. The summed E-state index contributed by atoms with van der Waals surface area (Å²) < 4.78 is 18.2. The number of methoxy groups -OCH3 is 1. The summed E-state index contributed by atoms with van der Waals surface area (Å²) in [6.45, 7) is 8.13. The molecule has 0 spiro atoms. The SMILES string of the molecule is COC(=O)C1(C)CCN(c2ccc(-c3cc(OCCN4CCOCC4)cn4ncc(C#N)c34)cn2)CC1. The quantitative estimate of drug-likeness (QED) is 0.449. The first-order chi connectivity index (χ1) is 18.0. The first-order valence-electron chi connectivity index (χ1n) is 12.6. The van der Waals surface area contributed by atoms with Crippen LogP contribution in [0, 0.1) is 16.7 Å². The number of hydrogen-bond acceptors (Lipinski definition) is 9. The van der Waals surface area contributed by atoms with Gasteiger partial charge in [0.25, 0.3) is 0 Å². The van der Waals surface area contributed by atoms with Crippen LogP contribution < -0.4 is 9.64 Å². The lowest BCUT2D eigenvalue weighted by molar-refractivity contribution is -0.152. The second-order valence-electron chi connectivity index (χ2n) is 9.80. The summed E-state index contributed by atoms with van der Waals surface area (Å²) in [5.41, 5.74) is 2.49. The molecule has 0 N–H and O–H groups in total. The topological polar surface area (TPSA) is 105 Å². The van der Waals surface area contributed by atoms with E-state index >= 15 is 0 Å². The van der Waals surface area contributed by atoms with Gasteiger partial charge in [-0.05, 0) is 38.0 Å². The average Bonchev–Trinajstić information content (AvgIpc) is 3.36. The summed E-state index contributed by atoms with van der Waals surface area (Å²) in [4.78, 5) is 21.4. The number of morpholine rings is 1. The molecular weight excluding hydrogens is 472 g/mol. The monoisotopic (exact) mass is 504 g/mol. The second-order valence-corrected chi connectivity index (χ2v) is 9.80. The molecule has 5 heterocycles. The normalized spacial score (nSPS) is 17.9. The number of pyridine rings is 2. The maximum absolute atomic E-state index is 12.1. The molecule has 0 unspecified atom stereocenters. The van der Waals surface area contributed by atoms with Crippen LogP contribution in [0.25, 0.3) is 16.6 Å². The standard InChI is InChI=1S/C27H32N6O4/c1-27(26(34)35-2)5-7-32(8-6-27)24-4-3-20(17-29-24)23-15-22(19-33-25(23)21(16-28)18-30-33)37-14-11-31-9-12-36-13-10-31/h3-4,15,17-19H,5-14H2,1-2H3. The molecule has 0 atom stereocenters. The van der Waals surface area contributed by atoms with E-state index < -0.39 is 5.41 Å². The molecule has 0 aliphatic carbocycles. The summed E-state index contributed by atoms with van der Waals surface area (Å²) in [5.74, 6) is 1.39. The second kappa shape index (κ2) is 10.7. The fourth-order valence-electron chi connectivity index (χ4n) is 5.01. The number of fused-ring (bicyclic) bond motifs is 1. The fraction of sp³-hybridized carbons (Fsp3) is 0.481. The van der Waals surface area contributed by atoms with E-state index in [0.717, 1.165) is 81.2 Å². The van der Waals surface area contributed by atoms with Gasteiger partial charge in [0, 0.05) is 50.0 Å². The molecule has 2 fully saturated rings. The Hall–Kier alpha value is -3.68. The van der Waals surface area contributed by atoms with Gasteiger partial charge in [-0.2, -0.15) is 10.4 Å². The van der Waals surface area contributed by atoms with Gasteiger partial charge < -0.3 is 19.1 Å². The largest absolute Gasteiger partial charge is 0.491 e. The highest BCUT2D eigenvalue weighted by Crippen LogP contribution is 2.35. The predicted molar refractivity (Wildman–Crippen MR) is 137 cm³/mol. The van der Waals surface area contributed by atoms with Crippen molar-refractivity contribution >= 4 is 17.3 Å². The molecule has 10 nitrogen and oxygen atoms in total. The number of hydrogen-bond donors (Lipinski definition) is 0. The van der Waals surface area contributed by atoms with Crippen LogP contribution in [0.3, 0.4) is 0 Å². The van der Waals surface area contributed by atoms with Crippen molar-refractivity contribution < 1.29 is 19.0 Å². The highest BCUT2D eigenvalue weighted by atomic mass is 16.5. The lowest BCUT2D eigenvalue weighted by Crippen LogP contribution is -2.43. The number of nitriles is 1. The van der Waals surface area contributed by atoms with E-state index in [1.807, 2.05) is 37.5 Å². The van der Waals surface area contributed by atoms with Crippen molar-refractivity contribution in [1.82, 2.24) is 19.5 Å². The average molecular weight is 505 g/mol. The zero-order chi connectivity index (χ0) is 25.8. The molecule has 2 aliphatic rings.